The van der Waals surface area contributed by atoms with Gasteiger partial charge in [0.05, 0.1) is 6.10 Å². The van der Waals surface area contributed by atoms with Crippen molar-refractivity contribution in [3.05, 3.63) is 52.7 Å². The van der Waals surface area contributed by atoms with Crippen molar-refractivity contribution in [2.75, 3.05) is 6.61 Å². The summed E-state index contributed by atoms with van der Waals surface area (Å²) in [5.41, 5.74) is 3.46. The Morgan fingerprint density at radius 2 is 2.16 bits per heavy atom. The predicted molar refractivity (Wildman–Crippen MR) is 95.0 cm³/mol. The number of aldehydes is 1. The van der Waals surface area contributed by atoms with Crippen molar-refractivity contribution >= 4 is 12.4 Å². The van der Waals surface area contributed by atoms with E-state index in [9.17, 15) is 4.79 Å². The first-order valence-electron chi connectivity index (χ1n) is 8.22. The lowest BCUT2D eigenvalue weighted by Gasteiger charge is -2.16. The van der Waals surface area contributed by atoms with Crippen molar-refractivity contribution in [1.29, 1.82) is 0 Å². The van der Waals surface area contributed by atoms with Crippen LogP contribution in [0, 0.1) is 6.92 Å². The Morgan fingerprint density at radius 1 is 1.32 bits per heavy atom. The van der Waals surface area contributed by atoms with Crippen LogP contribution < -0.4 is 14.2 Å². The van der Waals surface area contributed by atoms with Gasteiger partial charge in [0, 0.05) is 34.5 Å². The lowest BCUT2D eigenvalue weighted by molar-refractivity contribution is -0.105. The average molecular weight is 339 g/mol. The maximum atomic E-state index is 10.8. The number of rotatable bonds is 6. The summed E-state index contributed by atoms with van der Waals surface area (Å²) in [6.45, 7) is 6.62. The number of carbonyl (C=O) groups is 1. The Kier molecular flexibility index (Phi) is 5.03. The molecule has 0 N–H and O–H groups in total. The molecule has 1 aromatic carbocycles. The van der Waals surface area contributed by atoms with Crippen LogP contribution in [0.3, 0.4) is 0 Å². The van der Waals surface area contributed by atoms with E-state index in [1.165, 1.54) is 0 Å². The molecule has 0 amide bonds. The average Bonchev–Trinajstić information content (AvgIpc) is 2.61. The lowest BCUT2D eigenvalue weighted by Crippen LogP contribution is -2.09. The minimum Gasteiger partial charge on any atom is -0.489 e. The van der Waals surface area contributed by atoms with Crippen LogP contribution in [-0.2, 0) is 11.4 Å². The van der Waals surface area contributed by atoms with Crippen LogP contribution in [0.1, 0.15) is 30.5 Å². The van der Waals surface area contributed by atoms with Gasteiger partial charge in [-0.05, 0) is 45.0 Å². The zero-order chi connectivity index (χ0) is 17.8. The number of hydrogen-bond donors (Lipinski definition) is 0. The molecule has 0 spiro atoms. The van der Waals surface area contributed by atoms with Crippen molar-refractivity contribution < 1.29 is 19.0 Å². The second-order valence-corrected chi connectivity index (χ2v) is 6.25. The topological polar surface area (TPSA) is 57.7 Å². The largest absolute Gasteiger partial charge is 0.489 e. The highest BCUT2D eigenvalue weighted by atomic mass is 16.5. The Bertz CT molecular complexity index is 811. The SMILES string of the molecule is Cc1cc(COc2ccc3c(c2)OCC(C=O)=C3)cnc1OC(C)C. The zero-order valence-electron chi connectivity index (χ0n) is 14.6. The molecule has 25 heavy (non-hydrogen) atoms. The maximum Gasteiger partial charge on any atom is 0.216 e. The molecule has 5 heteroatoms. The van der Waals surface area contributed by atoms with Crippen LogP contribution >= 0.6 is 0 Å². The second kappa shape index (κ2) is 7.38. The van der Waals surface area contributed by atoms with Crippen molar-refractivity contribution in [2.45, 2.75) is 33.5 Å². The summed E-state index contributed by atoms with van der Waals surface area (Å²) >= 11 is 0. The molecule has 1 aliphatic rings. The van der Waals surface area contributed by atoms with Gasteiger partial charge >= 0.3 is 0 Å². The highest BCUT2D eigenvalue weighted by Crippen LogP contribution is 2.30. The molecule has 3 rings (SSSR count). The van der Waals surface area contributed by atoms with Gasteiger partial charge in [0.1, 0.15) is 31.0 Å². The standard InChI is InChI=1S/C20H21NO4/c1-13(2)25-20-14(3)6-15(9-21-20)11-23-18-5-4-17-7-16(10-22)12-24-19(17)8-18/h4-10,13H,11-12H2,1-3H3. The highest BCUT2D eigenvalue weighted by Gasteiger charge is 2.12. The van der Waals surface area contributed by atoms with E-state index in [0.29, 0.717) is 30.4 Å². The molecular weight excluding hydrogens is 318 g/mol. The Morgan fingerprint density at radius 3 is 2.88 bits per heavy atom. The van der Waals surface area contributed by atoms with Crippen LogP contribution in [0.15, 0.2) is 36.0 Å². The van der Waals surface area contributed by atoms with Crippen LogP contribution in [0.4, 0.5) is 0 Å². The molecule has 1 aromatic heterocycles. The van der Waals surface area contributed by atoms with E-state index in [1.54, 1.807) is 6.20 Å². The molecule has 2 aromatic rings. The van der Waals surface area contributed by atoms with E-state index in [0.717, 1.165) is 28.7 Å². The van der Waals surface area contributed by atoms with Gasteiger partial charge in [-0.3, -0.25) is 4.79 Å². The van der Waals surface area contributed by atoms with Gasteiger partial charge in [0.25, 0.3) is 0 Å². The van der Waals surface area contributed by atoms with Crippen molar-refractivity contribution in [1.82, 2.24) is 4.98 Å². The third-order valence-electron chi connectivity index (χ3n) is 3.71. The fourth-order valence-electron chi connectivity index (χ4n) is 2.53. The minimum atomic E-state index is 0.0950. The summed E-state index contributed by atoms with van der Waals surface area (Å²) in [4.78, 5) is 15.2. The first kappa shape index (κ1) is 17.0. The van der Waals surface area contributed by atoms with E-state index in [2.05, 4.69) is 4.98 Å². The fourth-order valence-corrected chi connectivity index (χ4v) is 2.53. The molecule has 1 aliphatic heterocycles. The molecule has 0 bridgehead atoms. The van der Waals surface area contributed by atoms with E-state index in [1.807, 2.05) is 51.1 Å². The van der Waals surface area contributed by atoms with Gasteiger partial charge < -0.3 is 14.2 Å². The smallest absolute Gasteiger partial charge is 0.216 e. The molecule has 0 saturated carbocycles. The number of fused-ring (bicyclic) bond motifs is 1. The summed E-state index contributed by atoms with van der Waals surface area (Å²) < 4.78 is 17.1. The number of aryl methyl sites for hydroxylation is 1. The maximum absolute atomic E-state index is 10.8. The number of carbonyl (C=O) groups excluding carboxylic acids is 1. The molecule has 5 nitrogen and oxygen atoms in total. The summed E-state index contributed by atoms with van der Waals surface area (Å²) in [7, 11) is 0. The fraction of sp³-hybridized carbons (Fsp3) is 0.300. The third-order valence-corrected chi connectivity index (χ3v) is 3.71. The summed E-state index contributed by atoms with van der Waals surface area (Å²) in [5, 5.41) is 0. The van der Waals surface area contributed by atoms with Gasteiger partial charge in [-0.15, -0.1) is 0 Å². The molecule has 2 heterocycles. The molecule has 0 aliphatic carbocycles. The molecule has 0 unspecified atom stereocenters. The molecule has 0 saturated heterocycles. The predicted octanol–water partition coefficient (Wildman–Crippen LogP) is 3.73. The van der Waals surface area contributed by atoms with Crippen LogP contribution in [0.2, 0.25) is 0 Å². The number of nitrogens with zero attached hydrogens (tertiary/aromatic N) is 1. The van der Waals surface area contributed by atoms with Gasteiger partial charge in [-0.1, -0.05) is 0 Å². The van der Waals surface area contributed by atoms with Crippen LogP contribution in [0.25, 0.3) is 6.08 Å². The van der Waals surface area contributed by atoms with Crippen LogP contribution in [0.5, 0.6) is 17.4 Å². The van der Waals surface area contributed by atoms with Crippen molar-refractivity contribution in [3.63, 3.8) is 0 Å². The number of ether oxygens (including phenoxy) is 3. The second-order valence-electron chi connectivity index (χ2n) is 6.25. The Labute approximate surface area is 147 Å². The molecule has 0 radical (unpaired) electrons. The van der Waals surface area contributed by atoms with Gasteiger partial charge in [0.2, 0.25) is 5.88 Å². The van der Waals surface area contributed by atoms with Gasteiger partial charge in [-0.2, -0.15) is 0 Å². The van der Waals surface area contributed by atoms with E-state index < -0.39 is 0 Å². The third kappa shape index (κ3) is 4.18. The molecule has 130 valence electrons. The summed E-state index contributed by atoms with van der Waals surface area (Å²) in [6.07, 6.45) is 4.50. The number of pyridine rings is 1. The monoisotopic (exact) mass is 339 g/mol. The first-order chi connectivity index (χ1) is 12.0. The van der Waals surface area contributed by atoms with Crippen LogP contribution in [-0.4, -0.2) is 24.0 Å². The van der Waals surface area contributed by atoms with Crippen molar-refractivity contribution in [2.24, 2.45) is 0 Å². The van der Waals surface area contributed by atoms with E-state index in [4.69, 9.17) is 14.2 Å². The Hall–Kier alpha value is -2.82. The first-order valence-corrected chi connectivity index (χ1v) is 8.22. The summed E-state index contributed by atoms with van der Waals surface area (Å²) in [5.74, 6) is 2.08. The highest BCUT2D eigenvalue weighted by molar-refractivity contribution is 5.84. The Balaban J connectivity index is 1.67. The number of benzene rings is 1. The quantitative estimate of drug-likeness (QED) is 0.751. The van der Waals surface area contributed by atoms with Gasteiger partial charge in [0.15, 0.2) is 0 Å². The number of aromatic nitrogens is 1. The molecule has 0 fully saturated rings. The van der Waals surface area contributed by atoms with Gasteiger partial charge in [-0.25, -0.2) is 4.98 Å². The van der Waals surface area contributed by atoms with Crippen molar-refractivity contribution in [3.8, 4) is 17.4 Å². The minimum absolute atomic E-state index is 0.0950. The number of hydrogen-bond acceptors (Lipinski definition) is 5. The zero-order valence-corrected chi connectivity index (χ0v) is 14.6. The van der Waals surface area contributed by atoms with E-state index in [-0.39, 0.29) is 6.10 Å². The normalized spacial score (nSPS) is 12.9. The molecule has 0 atom stereocenters. The molecular formula is C20H21NO4. The summed E-state index contributed by atoms with van der Waals surface area (Å²) in [6, 6.07) is 7.60. The lowest BCUT2D eigenvalue weighted by atomic mass is 10.1. The van der Waals surface area contributed by atoms with E-state index >= 15 is 0 Å².